The van der Waals surface area contributed by atoms with Crippen LogP contribution in [0.4, 0.5) is 0 Å². The lowest BCUT2D eigenvalue weighted by molar-refractivity contribution is 0.537. The first kappa shape index (κ1) is 10.3. The molecule has 1 aromatic heterocycles. The van der Waals surface area contributed by atoms with Crippen LogP contribution in [-0.2, 0) is 5.41 Å². The fraction of sp³-hybridized carbons (Fsp3) is 0.600. The molecule has 0 unspecified atom stereocenters. The summed E-state index contributed by atoms with van der Waals surface area (Å²) in [5.41, 5.74) is 1.48. The standard InChI is InChI=1S/C8H12O.C2H6/c1-8(2,3)7-4-5-9-6-7;1-2/h4-6H,1-3H3;1-2H3. The van der Waals surface area contributed by atoms with Crippen molar-refractivity contribution in [3.05, 3.63) is 24.2 Å². The van der Waals surface area contributed by atoms with Crippen LogP contribution in [0.25, 0.3) is 0 Å². The highest BCUT2D eigenvalue weighted by atomic mass is 16.3. The van der Waals surface area contributed by atoms with Crippen molar-refractivity contribution in [3.63, 3.8) is 0 Å². The number of hydrogen-bond donors (Lipinski definition) is 0. The molecule has 0 aliphatic carbocycles. The Morgan fingerprint density at radius 3 is 1.91 bits per heavy atom. The zero-order valence-corrected chi connectivity index (χ0v) is 8.14. The van der Waals surface area contributed by atoms with Crippen molar-refractivity contribution < 1.29 is 4.42 Å². The third-order valence-corrected chi connectivity index (χ3v) is 1.39. The van der Waals surface area contributed by atoms with Crippen LogP contribution in [0, 0.1) is 0 Å². The van der Waals surface area contributed by atoms with Crippen molar-refractivity contribution in [3.8, 4) is 0 Å². The Kier molecular flexibility index (Phi) is 3.94. The van der Waals surface area contributed by atoms with Gasteiger partial charge in [0.2, 0.25) is 0 Å². The van der Waals surface area contributed by atoms with Crippen molar-refractivity contribution in [2.45, 2.75) is 40.0 Å². The molecule has 0 bridgehead atoms. The zero-order chi connectivity index (χ0) is 8.91. The summed E-state index contributed by atoms with van der Waals surface area (Å²) in [4.78, 5) is 0. The lowest BCUT2D eigenvalue weighted by Gasteiger charge is -2.14. The SMILES string of the molecule is CC.CC(C)(C)c1ccoc1. The molecule has 1 rings (SSSR count). The second-order valence-corrected chi connectivity index (χ2v) is 3.26. The molecule has 0 radical (unpaired) electrons. The Morgan fingerprint density at radius 2 is 1.73 bits per heavy atom. The van der Waals surface area contributed by atoms with E-state index >= 15 is 0 Å². The molecule has 0 spiro atoms. The maximum Gasteiger partial charge on any atom is 0.0939 e. The topological polar surface area (TPSA) is 13.1 Å². The summed E-state index contributed by atoms with van der Waals surface area (Å²) in [7, 11) is 0. The van der Waals surface area contributed by atoms with E-state index in [1.165, 1.54) is 5.56 Å². The molecule has 1 nitrogen and oxygen atoms in total. The Bertz CT molecular complexity index is 167. The molecule has 0 aliphatic rings. The second kappa shape index (κ2) is 4.22. The molecule has 0 amide bonds. The summed E-state index contributed by atoms with van der Waals surface area (Å²) in [6.45, 7) is 10.5. The molecule has 0 saturated carbocycles. The molecule has 1 heterocycles. The van der Waals surface area contributed by atoms with Crippen LogP contribution >= 0.6 is 0 Å². The van der Waals surface area contributed by atoms with Crippen molar-refractivity contribution in [2.24, 2.45) is 0 Å². The fourth-order valence-corrected chi connectivity index (χ4v) is 0.691. The average Bonchev–Trinajstić information content (AvgIpc) is 2.40. The summed E-state index contributed by atoms with van der Waals surface area (Å²) in [6, 6.07) is 2.00. The van der Waals surface area contributed by atoms with Gasteiger partial charge in [-0.25, -0.2) is 0 Å². The van der Waals surface area contributed by atoms with Crippen molar-refractivity contribution in [2.75, 3.05) is 0 Å². The van der Waals surface area contributed by atoms with Gasteiger partial charge >= 0.3 is 0 Å². The third-order valence-electron chi connectivity index (χ3n) is 1.39. The Labute approximate surface area is 69.4 Å². The van der Waals surface area contributed by atoms with Crippen molar-refractivity contribution in [1.82, 2.24) is 0 Å². The predicted octanol–water partition coefficient (Wildman–Crippen LogP) is 3.60. The van der Waals surface area contributed by atoms with Crippen LogP contribution in [-0.4, -0.2) is 0 Å². The summed E-state index contributed by atoms with van der Waals surface area (Å²) in [5.74, 6) is 0. The average molecular weight is 154 g/mol. The molecular weight excluding hydrogens is 136 g/mol. The molecule has 0 N–H and O–H groups in total. The third kappa shape index (κ3) is 3.26. The van der Waals surface area contributed by atoms with E-state index in [1.54, 1.807) is 12.5 Å². The van der Waals surface area contributed by atoms with Gasteiger partial charge in [0.25, 0.3) is 0 Å². The first-order valence-corrected chi connectivity index (χ1v) is 4.13. The number of rotatable bonds is 0. The molecule has 0 saturated heterocycles. The lowest BCUT2D eigenvalue weighted by atomic mass is 9.89. The Hall–Kier alpha value is -0.720. The summed E-state index contributed by atoms with van der Waals surface area (Å²) < 4.78 is 4.94. The molecule has 1 heteroatoms. The van der Waals surface area contributed by atoms with Crippen LogP contribution in [0.2, 0.25) is 0 Å². The van der Waals surface area contributed by atoms with E-state index in [9.17, 15) is 0 Å². The molecule has 0 aliphatic heterocycles. The highest BCUT2D eigenvalue weighted by Gasteiger charge is 2.13. The van der Waals surface area contributed by atoms with Gasteiger partial charge in [0.15, 0.2) is 0 Å². The Morgan fingerprint density at radius 1 is 1.18 bits per heavy atom. The fourth-order valence-electron chi connectivity index (χ4n) is 0.691. The normalized spacial score (nSPS) is 10.3. The maximum atomic E-state index is 4.94. The van der Waals surface area contributed by atoms with Gasteiger partial charge in [0, 0.05) is 0 Å². The summed E-state index contributed by atoms with van der Waals surface area (Å²) in [5, 5.41) is 0. The Balaban J connectivity index is 0.000000461. The van der Waals surface area contributed by atoms with Gasteiger partial charge in [0.1, 0.15) is 0 Å². The van der Waals surface area contributed by atoms with Gasteiger partial charge in [-0.15, -0.1) is 0 Å². The second-order valence-electron chi connectivity index (χ2n) is 3.26. The highest BCUT2D eigenvalue weighted by Crippen LogP contribution is 2.21. The lowest BCUT2D eigenvalue weighted by Crippen LogP contribution is -2.08. The van der Waals surface area contributed by atoms with Gasteiger partial charge in [-0.05, 0) is 17.0 Å². The van der Waals surface area contributed by atoms with Crippen molar-refractivity contribution >= 4 is 0 Å². The van der Waals surface area contributed by atoms with Gasteiger partial charge in [0.05, 0.1) is 12.5 Å². The molecule has 0 fully saturated rings. The minimum atomic E-state index is 0.229. The van der Waals surface area contributed by atoms with Crippen LogP contribution in [0.15, 0.2) is 23.0 Å². The number of furan rings is 1. The minimum Gasteiger partial charge on any atom is -0.472 e. The van der Waals surface area contributed by atoms with Crippen molar-refractivity contribution in [1.29, 1.82) is 0 Å². The largest absolute Gasteiger partial charge is 0.472 e. The van der Waals surface area contributed by atoms with Crippen LogP contribution in [0.1, 0.15) is 40.2 Å². The van der Waals surface area contributed by atoms with Gasteiger partial charge in [-0.2, -0.15) is 0 Å². The molecular formula is C10H18O. The number of hydrogen-bond acceptors (Lipinski definition) is 1. The quantitative estimate of drug-likeness (QED) is 0.556. The predicted molar refractivity (Wildman–Crippen MR) is 48.8 cm³/mol. The minimum absolute atomic E-state index is 0.229. The van der Waals surface area contributed by atoms with E-state index in [0.717, 1.165) is 0 Å². The van der Waals surface area contributed by atoms with E-state index in [0.29, 0.717) is 0 Å². The first-order chi connectivity index (χ1) is 5.11. The smallest absolute Gasteiger partial charge is 0.0939 e. The van der Waals surface area contributed by atoms with E-state index in [4.69, 9.17) is 4.42 Å². The molecule has 11 heavy (non-hydrogen) atoms. The molecule has 0 aromatic carbocycles. The van der Waals surface area contributed by atoms with Gasteiger partial charge in [-0.3, -0.25) is 0 Å². The van der Waals surface area contributed by atoms with Gasteiger partial charge < -0.3 is 4.42 Å². The molecule has 0 atom stereocenters. The molecule has 1 aromatic rings. The van der Waals surface area contributed by atoms with Gasteiger partial charge in [-0.1, -0.05) is 34.6 Å². The first-order valence-electron chi connectivity index (χ1n) is 4.13. The van der Waals surface area contributed by atoms with Crippen LogP contribution in [0.3, 0.4) is 0 Å². The summed E-state index contributed by atoms with van der Waals surface area (Å²) in [6.07, 6.45) is 3.50. The molecule has 64 valence electrons. The maximum absolute atomic E-state index is 4.94. The van der Waals surface area contributed by atoms with Crippen LogP contribution in [0.5, 0.6) is 0 Å². The zero-order valence-electron chi connectivity index (χ0n) is 8.14. The van der Waals surface area contributed by atoms with Crippen LogP contribution < -0.4 is 0 Å². The monoisotopic (exact) mass is 154 g/mol. The van der Waals surface area contributed by atoms with E-state index in [1.807, 2.05) is 19.9 Å². The van der Waals surface area contributed by atoms with E-state index < -0.39 is 0 Å². The summed E-state index contributed by atoms with van der Waals surface area (Å²) >= 11 is 0. The highest BCUT2D eigenvalue weighted by molar-refractivity contribution is 5.15. The van der Waals surface area contributed by atoms with E-state index in [2.05, 4.69) is 20.8 Å². The van der Waals surface area contributed by atoms with E-state index in [-0.39, 0.29) is 5.41 Å².